The summed E-state index contributed by atoms with van der Waals surface area (Å²) in [4.78, 5) is 10.3. The van der Waals surface area contributed by atoms with Crippen molar-refractivity contribution >= 4 is 6.29 Å². The van der Waals surface area contributed by atoms with Gasteiger partial charge < -0.3 is 9.90 Å². The van der Waals surface area contributed by atoms with Crippen LogP contribution in [-0.4, -0.2) is 11.4 Å². The maximum atomic E-state index is 12.6. The van der Waals surface area contributed by atoms with Crippen LogP contribution in [0, 0.1) is 11.7 Å². The number of aldehydes is 1. The summed E-state index contributed by atoms with van der Waals surface area (Å²) in [6.45, 7) is 1.77. The van der Waals surface area contributed by atoms with Gasteiger partial charge in [0.15, 0.2) is 11.6 Å². The van der Waals surface area contributed by atoms with Crippen molar-refractivity contribution in [1.82, 2.24) is 0 Å². The molecule has 1 atom stereocenters. The van der Waals surface area contributed by atoms with Crippen LogP contribution in [0.2, 0.25) is 0 Å². The van der Waals surface area contributed by atoms with Gasteiger partial charge in [-0.05, 0) is 24.1 Å². The molecule has 0 fully saturated rings. The molecule has 1 aromatic rings. The Labute approximate surface area is 76.0 Å². The quantitative estimate of drug-likeness (QED) is 0.725. The third kappa shape index (κ3) is 2.54. The zero-order valence-corrected chi connectivity index (χ0v) is 7.33. The largest absolute Gasteiger partial charge is 0.505 e. The fourth-order valence-electron chi connectivity index (χ4n) is 1.11. The molecule has 70 valence electrons. The minimum absolute atomic E-state index is 0.107. The molecular formula is C10H11FO2. The number of phenols is 1. The van der Waals surface area contributed by atoms with Crippen LogP contribution in [0.15, 0.2) is 18.2 Å². The van der Waals surface area contributed by atoms with Crippen molar-refractivity contribution in [3.8, 4) is 5.75 Å². The van der Waals surface area contributed by atoms with E-state index in [1.807, 2.05) is 0 Å². The highest BCUT2D eigenvalue weighted by Gasteiger charge is 2.05. The molecule has 1 unspecified atom stereocenters. The molecule has 0 heterocycles. The molecule has 0 bridgehead atoms. The summed E-state index contributed by atoms with van der Waals surface area (Å²) in [5.74, 6) is -1.11. The van der Waals surface area contributed by atoms with E-state index in [4.69, 9.17) is 5.11 Å². The molecule has 0 spiro atoms. The van der Waals surface area contributed by atoms with Gasteiger partial charge >= 0.3 is 0 Å². The third-order valence-corrected chi connectivity index (χ3v) is 1.80. The second-order valence-electron chi connectivity index (χ2n) is 3.10. The van der Waals surface area contributed by atoms with Gasteiger partial charge in [0.25, 0.3) is 0 Å². The van der Waals surface area contributed by atoms with Crippen LogP contribution < -0.4 is 0 Å². The molecule has 0 aliphatic carbocycles. The summed E-state index contributed by atoms with van der Waals surface area (Å²) in [5, 5.41) is 9.02. The van der Waals surface area contributed by atoms with Gasteiger partial charge in [0.1, 0.15) is 6.29 Å². The standard InChI is InChI=1S/C10H11FO2/c1-7(6-12)4-8-2-3-9(11)10(13)5-8/h2-3,5-7,13H,4H2,1H3. The molecule has 2 nitrogen and oxygen atoms in total. The SMILES string of the molecule is CC(C=O)Cc1ccc(F)c(O)c1. The van der Waals surface area contributed by atoms with Crippen LogP contribution in [0.4, 0.5) is 4.39 Å². The van der Waals surface area contributed by atoms with Gasteiger partial charge in [-0.1, -0.05) is 13.0 Å². The van der Waals surface area contributed by atoms with Crippen LogP contribution >= 0.6 is 0 Å². The lowest BCUT2D eigenvalue weighted by atomic mass is 10.0. The second-order valence-corrected chi connectivity index (χ2v) is 3.10. The number of carbonyl (C=O) groups excluding carboxylic acids is 1. The fourth-order valence-corrected chi connectivity index (χ4v) is 1.11. The highest BCUT2D eigenvalue weighted by atomic mass is 19.1. The van der Waals surface area contributed by atoms with Crippen molar-refractivity contribution < 1.29 is 14.3 Å². The molecule has 0 amide bonds. The van der Waals surface area contributed by atoms with Gasteiger partial charge in [0, 0.05) is 5.92 Å². The molecular weight excluding hydrogens is 171 g/mol. The Bertz CT molecular complexity index is 310. The summed E-state index contributed by atoms with van der Waals surface area (Å²) in [7, 11) is 0. The van der Waals surface area contributed by atoms with Gasteiger partial charge in [0.2, 0.25) is 0 Å². The van der Waals surface area contributed by atoms with Crippen LogP contribution in [0.1, 0.15) is 12.5 Å². The molecule has 0 radical (unpaired) electrons. The zero-order valence-electron chi connectivity index (χ0n) is 7.33. The minimum atomic E-state index is -0.637. The molecule has 1 rings (SSSR count). The van der Waals surface area contributed by atoms with Crippen molar-refractivity contribution in [3.05, 3.63) is 29.6 Å². The first kappa shape index (κ1) is 9.71. The van der Waals surface area contributed by atoms with Crippen LogP contribution in [0.3, 0.4) is 0 Å². The lowest BCUT2D eigenvalue weighted by molar-refractivity contribution is -0.110. The molecule has 1 aromatic carbocycles. The van der Waals surface area contributed by atoms with E-state index < -0.39 is 5.82 Å². The van der Waals surface area contributed by atoms with Crippen LogP contribution in [0.25, 0.3) is 0 Å². The van der Waals surface area contributed by atoms with Crippen molar-refractivity contribution in [3.63, 3.8) is 0 Å². The Morgan fingerprint density at radius 2 is 2.31 bits per heavy atom. The Kier molecular flexibility index (Phi) is 3.01. The summed E-state index contributed by atoms with van der Waals surface area (Å²) in [6, 6.07) is 4.10. The van der Waals surface area contributed by atoms with Crippen molar-refractivity contribution in [2.45, 2.75) is 13.3 Å². The van der Waals surface area contributed by atoms with Crippen molar-refractivity contribution in [2.24, 2.45) is 5.92 Å². The van der Waals surface area contributed by atoms with Gasteiger partial charge in [-0.15, -0.1) is 0 Å². The number of halogens is 1. The van der Waals surface area contributed by atoms with Crippen molar-refractivity contribution in [2.75, 3.05) is 0 Å². The van der Waals surface area contributed by atoms with Gasteiger partial charge in [-0.2, -0.15) is 0 Å². The number of hydrogen-bond acceptors (Lipinski definition) is 2. The highest BCUT2D eigenvalue weighted by Crippen LogP contribution is 2.18. The summed E-state index contributed by atoms with van der Waals surface area (Å²) < 4.78 is 12.6. The van der Waals surface area contributed by atoms with E-state index in [9.17, 15) is 9.18 Å². The predicted molar refractivity (Wildman–Crippen MR) is 47.0 cm³/mol. The molecule has 13 heavy (non-hydrogen) atoms. The van der Waals surface area contributed by atoms with E-state index >= 15 is 0 Å². The first-order valence-electron chi connectivity index (χ1n) is 4.06. The molecule has 0 saturated carbocycles. The molecule has 0 aromatic heterocycles. The number of benzene rings is 1. The van der Waals surface area contributed by atoms with E-state index in [2.05, 4.69) is 0 Å². The highest BCUT2D eigenvalue weighted by molar-refractivity contribution is 5.53. The molecule has 3 heteroatoms. The molecule has 0 saturated heterocycles. The number of hydrogen-bond donors (Lipinski definition) is 1. The topological polar surface area (TPSA) is 37.3 Å². The molecule has 1 N–H and O–H groups in total. The van der Waals surface area contributed by atoms with Crippen molar-refractivity contribution in [1.29, 1.82) is 0 Å². The lowest BCUT2D eigenvalue weighted by Crippen LogP contribution is -2.00. The number of aromatic hydroxyl groups is 1. The smallest absolute Gasteiger partial charge is 0.164 e. The fraction of sp³-hybridized carbons (Fsp3) is 0.300. The average molecular weight is 182 g/mol. The Hall–Kier alpha value is -1.38. The number of rotatable bonds is 3. The first-order valence-corrected chi connectivity index (χ1v) is 4.06. The van der Waals surface area contributed by atoms with Gasteiger partial charge in [0.05, 0.1) is 0 Å². The van der Waals surface area contributed by atoms with E-state index in [1.54, 1.807) is 13.0 Å². The maximum Gasteiger partial charge on any atom is 0.164 e. The average Bonchev–Trinajstić information content (AvgIpc) is 2.11. The second kappa shape index (κ2) is 4.03. The van der Waals surface area contributed by atoms with Gasteiger partial charge in [-0.25, -0.2) is 4.39 Å². The van der Waals surface area contributed by atoms with E-state index in [1.165, 1.54) is 12.1 Å². The van der Waals surface area contributed by atoms with E-state index in [0.29, 0.717) is 6.42 Å². The maximum absolute atomic E-state index is 12.6. The zero-order chi connectivity index (χ0) is 9.84. The van der Waals surface area contributed by atoms with Crippen LogP contribution in [-0.2, 0) is 11.2 Å². The predicted octanol–water partition coefficient (Wildman–Crippen LogP) is 1.91. The number of carbonyl (C=O) groups is 1. The number of phenolic OH excluding ortho intramolecular Hbond substituents is 1. The third-order valence-electron chi connectivity index (χ3n) is 1.80. The Balaban J connectivity index is 2.79. The van der Waals surface area contributed by atoms with Gasteiger partial charge in [-0.3, -0.25) is 0 Å². The Morgan fingerprint density at radius 3 is 2.85 bits per heavy atom. The summed E-state index contributed by atoms with van der Waals surface area (Å²) in [6.07, 6.45) is 1.36. The van der Waals surface area contributed by atoms with Crippen LogP contribution in [0.5, 0.6) is 5.75 Å². The monoisotopic (exact) mass is 182 g/mol. The van der Waals surface area contributed by atoms with E-state index in [0.717, 1.165) is 11.8 Å². The van der Waals surface area contributed by atoms with E-state index in [-0.39, 0.29) is 11.7 Å². The normalized spacial score (nSPS) is 12.5. The Morgan fingerprint density at radius 1 is 1.62 bits per heavy atom. The molecule has 0 aliphatic heterocycles. The lowest BCUT2D eigenvalue weighted by Gasteiger charge is -2.04. The summed E-state index contributed by atoms with van der Waals surface area (Å²) >= 11 is 0. The minimum Gasteiger partial charge on any atom is -0.505 e. The summed E-state index contributed by atoms with van der Waals surface area (Å²) in [5.41, 5.74) is 0.763. The first-order chi connectivity index (χ1) is 6.13. The molecule has 0 aliphatic rings.